The first-order valence-electron chi connectivity index (χ1n) is 9.63. The molecule has 0 unspecified atom stereocenters. The van der Waals surface area contributed by atoms with E-state index in [2.05, 4.69) is 10.8 Å². The van der Waals surface area contributed by atoms with Gasteiger partial charge in [-0.2, -0.15) is 0 Å². The SMILES string of the molecule is O=C(c1ccc(S(=O)(=O)NCCC2=CCCCC2)cc1)N1CCCCC1. The molecule has 26 heavy (non-hydrogen) atoms. The fraction of sp³-hybridized carbons (Fsp3) is 0.550. The van der Waals surface area contributed by atoms with Gasteiger partial charge in [-0.15, -0.1) is 0 Å². The van der Waals surface area contributed by atoms with Crippen molar-refractivity contribution in [1.29, 1.82) is 0 Å². The van der Waals surface area contributed by atoms with E-state index in [-0.39, 0.29) is 10.8 Å². The molecule has 1 aromatic carbocycles. The molecule has 142 valence electrons. The number of carbonyl (C=O) groups excluding carboxylic acids is 1. The second kappa shape index (κ2) is 8.82. The van der Waals surface area contributed by atoms with Gasteiger partial charge in [0.05, 0.1) is 4.90 Å². The predicted molar refractivity (Wildman–Crippen MR) is 103 cm³/mol. The highest BCUT2D eigenvalue weighted by atomic mass is 32.2. The summed E-state index contributed by atoms with van der Waals surface area (Å²) in [6, 6.07) is 6.29. The molecule has 0 saturated carbocycles. The Morgan fingerprint density at radius 2 is 1.73 bits per heavy atom. The van der Waals surface area contributed by atoms with E-state index in [0.717, 1.165) is 45.2 Å². The van der Waals surface area contributed by atoms with Crippen molar-refractivity contribution in [1.82, 2.24) is 9.62 Å². The van der Waals surface area contributed by atoms with Crippen molar-refractivity contribution in [3.8, 4) is 0 Å². The summed E-state index contributed by atoms with van der Waals surface area (Å²) in [6.07, 6.45) is 10.9. The lowest BCUT2D eigenvalue weighted by Gasteiger charge is -2.26. The molecule has 0 spiro atoms. The van der Waals surface area contributed by atoms with E-state index in [0.29, 0.717) is 12.1 Å². The van der Waals surface area contributed by atoms with Gasteiger partial charge >= 0.3 is 0 Å². The van der Waals surface area contributed by atoms with Crippen molar-refractivity contribution in [2.45, 2.75) is 56.3 Å². The quantitative estimate of drug-likeness (QED) is 0.773. The number of nitrogens with zero attached hydrogens (tertiary/aromatic N) is 1. The van der Waals surface area contributed by atoms with Crippen LogP contribution < -0.4 is 4.72 Å². The van der Waals surface area contributed by atoms with Crippen molar-refractivity contribution in [3.63, 3.8) is 0 Å². The van der Waals surface area contributed by atoms with Gasteiger partial charge in [-0.3, -0.25) is 4.79 Å². The molecule has 1 fully saturated rings. The minimum absolute atomic E-state index is 0.00848. The van der Waals surface area contributed by atoms with Crippen LogP contribution in [0.4, 0.5) is 0 Å². The van der Waals surface area contributed by atoms with Gasteiger partial charge < -0.3 is 4.90 Å². The maximum absolute atomic E-state index is 12.5. The average molecular weight is 377 g/mol. The number of hydrogen-bond donors (Lipinski definition) is 1. The number of hydrogen-bond acceptors (Lipinski definition) is 3. The van der Waals surface area contributed by atoms with E-state index in [1.165, 1.54) is 37.0 Å². The van der Waals surface area contributed by atoms with Gasteiger partial charge in [0.15, 0.2) is 0 Å². The smallest absolute Gasteiger partial charge is 0.253 e. The van der Waals surface area contributed by atoms with Crippen LogP contribution in [0.25, 0.3) is 0 Å². The first-order valence-corrected chi connectivity index (χ1v) is 11.1. The molecule has 0 bridgehead atoms. The van der Waals surface area contributed by atoms with Gasteiger partial charge in [-0.25, -0.2) is 13.1 Å². The van der Waals surface area contributed by atoms with Crippen LogP contribution in [-0.2, 0) is 10.0 Å². The molecule has 6 heteroatoms. The molecule has 0 radical (unpaired) electrons. The number of allylic oxidation sites excluding steroid dienone is 1. The maximum Gasteiger partial charge on any atom is 0.253 e. The number of likely N-dealkylation sites (tertiary alicyclic amines) is 1. The van der Waals surface area contributed by atoms with Crippen molar-refractivity contribution in [3.05, 3.63) is 41.5 Å². The minimum Gasteiger partial charge on any atom is -0.339 e. The summed E-state index contributed by atoms with van der Waals surface area (Å²) in [5.74, 6) is -0.00848. The van der Waals surface area contributed by atoms with Crippen molar-refractivity contribution in [2.75, 3.05) is 19.6 Å². The van der Waals surface area contributed by atoms with Crippen molar-refractivity contribution < 1.29 is 13.2 Å². The summed E-state index contributed by atoms with van der Waals surface area (Å²) in [4.78, 5) is 14.5. The van der Waals surface area contributed by atoms with E-state index in [9.17, 15) is 13.2 Å². The molecule has 1 N–H and O–H groups in total. The third-order valence-electron chi connectivity index (χ3n) is 5.18. The summed E-state index contributed by atoms with van der Waals surface area (Å²) < 4.78 is 27.5. The Balaban J connectivity index is 1.57. The van der Waals surface area contributed by atoms with E-state index in [1.54, 1.807) is 12.1 Å². The van der Waals surface area contributed by atoms with Crippen LogP contribution in [0.2, 0.25) is 0 Å². The highest BCUT2D eigenvalue weighted by molar-refractivity contribution is 7.89. The Morgan fingerprint density at radius 3 is 2.38 bits per heavy atom. The molecular weight excluding hydrogens is 348 g/mol. The summed E-state index contributed by atoms with van der Waals surface area (Å²) in [6.45, 7) is 2.00. The minimum atomic E-state index is -3.53. The zero-order valence-electron chi connectivity index (χ0n) is 15.2. The number of sulfonamides is 1. The van der Waals surface area contributed by atoms with Crippen LogP contribution in [0.15, 0.2) is 40.8 Å². The summed E-state index contributed by atoms with van der Waals surface area (Å²) in [5, 5.41) is 0. The van der Waals surface area contributed by atoms with Crippen LogP contribution in [-0.4, -0.2) is 38.9 Å². The van der Waals surface area contributed by atoms with Gasteiger partial charge in [0, 0.05) is 25.2 Å². The number of carbonyl (C=O) groups is 1. The Labute approximate surface area is 156 Å². The lowest BCUT2D eigenvalue weighted by molar-refractivity contribution is 0.0724. The van der Waals surface area contributed by atoms with Crippen LogP contribution >= 0.6 is 0 Å². The van der Waals surface area contributed by atoms with Crippen LogP contribution in [0.1, 0.15) is 61.7 Å². The maximum atomic E-state index is 12.5. The fourth-order valence-corrected chi connectivity index (χ4v) is 4.65. The number of piperidine rings is 1. The standard InChI is InChI=1S/C20H28N2O3S/c23-20(22-15-5-2-6-16-22)18-9-11-19(12-10-18)26(24,25)21-14-13-17-7-3-1-4-8-17/h7,9-12,21H,1-6,8,13-16H2. The molecule has 0 atom stereocenters. The van der Waals surface area contributed by atoms with E-state index < -0.39 is 10.0 Å². The number of nitrogens with one attached hydrogen (secondary N) is 1. The number of amides is 1. The molecule has 2 aliphatic rings. The zero-order valence-corrected chi connectivity index (χ0v) is 16.1. The topological polar surface area (TPSA) is 66.5 Å². The molecule has 1 amide bonds. The van der Waals surface area contributed by atoms with Crippen LogP contribution in [0.5, 0.6) is 0 Å². The van der Waals surface area contributed by atoms with Crippen LogP contribution in [0.3, 0.4) is 0 Å². The zero-order chi connectivity index (χ0) is 18.4. The van der Waals surface area contributed by atoms with Gasteiger partial charge in [0.1, 0.15) is 0 Å². The molecule has 1 aliphatic carbocycles. The van der Waals surface area contributed by atoms with Gasteiger partial charge in [-0.05, 0) is 75.6 Å². The number of rotatable bonds is 6. The normalized spacial score (nSPS) is 18.5. The third-order valence-corrected chi connectivity index (χ3v) is 6.65. The average Bonchev–Trinajstić information content (AvgIpc) is 2.69. The Hall–Kier alpha value is -1.66. The molecule has 0 aromatic heterocycles. The monoisotopic (exact) mass is 376 g/mol. The van der Waals surface area contributed by atoms with E-state index >= 15 is 0 Å². The first kappa shape index (κ1) is 19.1. The third kappa shape index (κ3) is 4.95. The van der Waals surface area contributed by atoms with Crippen LogP contribution in [0, 0.1) is 0 Å². The van der Waals surface area contributed by atoms with Crippen molar-refractivity contribution >= 4 is 15.9 Å². The van der Waals surface area contributed by atoms with E-state index in [4.69, 9.17) is 0 Å². The molecular formula is C20H28N2O3S. The highest BCUT2D eigenvalue weighted by Crippen LogP contribution is 2.20. The Bertz CT molecular complexity index is 748. The second-order valence-corrected chi connectivity index (χ2v) is 8.90. The fourth-order valence-electron chi connectivity index (χ4n) is 3.62. The molecule has 5 nitrogen and oxygen atoms in total. The van der Waals surface area contributed by atoms with Gasteiger partial charge in [0.25, 0.3) is 5.91 Å². The summed E-state index contributed by atoms with van der Waals surface area (Å²) in [7, 11) is -3.53. The molecule has 1 aliphatic heterocycles. The summed E-state index contributed by atoms with van der Waals surface area (Å²) >= 11 is 0. The Morgan fingerprint density at radius 1 is 1.00 bits per heavy atom. The number of benzene rings is 1. The lowest BCUT2D eigenvalue weighted by Crippen LogP contribution is -2.35. The Kier molecular flexibility index (Phi) is 6.48. The molecule has 1 heterocycles. The lowest BCUT2D eigenvalue weighted by atomic mass is 9.97. The molecule has 3 rings (SSSR count). The largest absolute Gasteiger partial charge is 0.339 e. The highest BCUT2D eigenvalue weighted by Gasteiger charge is 2.19. The van der Waals surface area contributed by atoms with E-state index in [1.807, 2.05) is 4.90 Å². The molecule has 1 aromatic rings. The predicted octanol–water partition coefficient (Wildman–Crippen LogP) is 3.48. The first-order chi connectivity index (χ1) is 12.6. The van der Waals surface area contributed by atoms with Crippen molar-refractivity contribution in [2.24, 2.45) is 0 Å². The van der Waals surface area contributed by atoms with Gasteiger partial charge in [-0.1, -0.05) is 11.6 Å². The molecule has 1 saturated heterocycles. The summed E-state index contributed by atoms with van der Waals surface area (Å²) in [5.41, 5.74) is 1.90. The van der Waals surface area contributed by atoms with Gasteiger partial charge in [0.2, 0.25) is 10.0 Å². The second-order valence-electron chi connectivity index (χ2n) is 7.13.